The highest BCUT2D eigenvalue weighted by atomic mass is 19.4. The molecule has 7 nitrogen and oxygen atoms in total. The van der Waals surface area contributed by atoms with E-state index in [4.69, 9.17) is 4.74 Å². The molecule has 1 aliphatic heterocycles. The zero-order chi connectivity index (χ0) is 21.2. The van der Waals surface area contributed by atoms with Crippen LogP contribution in [0.15, 0.2) is 42.5 Å². The third-order valence-corrected chi connectivity index (χ3v) is 4.39. The van der Waals surface area contributed by atoms with E-state index in [-0.39, 0.29) is 19.6 Å². The molecule has 0 fully saturated rings. The van der Waals surface area contributed by atoms with Gasteiger partial charge in [-0.15, -0.1) is 0 Å². The number of amides is 2. The summed E-state index contributed by atoms with van der Waals surface area (Å²) in [5.74, 6) is -1.31. The SMILES string of the molecule is O=C1c2ccccc2C(=O)N1CCCCOc1ccc([N+](=O)[O-])cc1C(F)(F)F. The summed E-state index contributed by atoms with van der Waals surface area (Å²) in [6.07, 6.45) is -4.19. The van der Waals surface area contributed by atoms with Crippen LogP contribution in [-0.4, -0.2) is 34.8 Å². The Bertz CT molecular complexity index is 940. The Morgan fingerprint density at radius 3 is 2.17 bits per heavy atom. The van der Waals surface area contributed by atoms with Crippen molar-refractivity contribution in [3.05, 3.63) is 69.3 Å². The Morgan fingerprint density at radius 1 is 1.00 bits per heavy atom. The minimum absolute atomic E-state index is 0.107. The van der Waals surface area contributed by atoms with Crippen molar-refractivity contribution in [2.45, 2.75) is 19.0 Å². The van der Waals surface area contributed by atoms with Gasteiger partial charge >= 0.3 is 6.18 Å². The van der Waals surface area contributed by atoms with Gasteiger partial charge in [0, 0.05) is 18.7 Å². The van der Waals surface area contributed by atoms with Gasteiger partial charge in [-0.2, -0.15) is 13.2 Å². The van der Waals surface area contributed by atoms with Crippen LogP contribution in [0.5, 0.6) is 5.75 Å². The van der Waals surface area contributed by atoms with Crippen LogP contribution in [0.1, 0.15) is 39.1 Å². The van der Waals surface area contributed by atoms with Crippen molar-refractivity contribution < 1.29 is 32.4 Å². The number of unbranched alkanes of at least 4 members (excludes halogenated alkanes) is 1. The zero-order valence-corrected chi connectivity index (χ0v) is 14.9. The Balaban J connectivity index is 1.56. The summed E-state index contributed by atoms with van der Waals surface area (Å²) >= 11 is 0. The van der Waals surface area contributed by atoms with Crippen LogP contribution in [-0.2, 0) is 6.18 Å². The molecule has 2 aromatic carbocycles. The van der Waals surface area contributed by atoms with E-state index in [0.717, 1.165) is 17.0 Å². The van der Waals surface area contributed by atoms with Gasteiger partial charge in [0.2, 0.25) is 0 Å². The van der Waals surface area contributed by atoms with Crippen LogP contribution in [0.25, 0.3) is 0 Å². The van der Waals surface area contributed by atoms with E-state index in [1.807, 2.05) is 0 Å². The number of hydrogen-bond acceptors (Lipinski definition) is 5. The Morgan fingerprint density at radius 2 is 1.62 bits per heavy atom. The van der Waals surface area contributed by atoms with Crippen LogP contribution in [0.3, 0.4) is 0 Å². The van der Waals surface area contributed by atoms with Gasteiger partial charge in [0.15, 0.2) is 0 Å². The van der Waals surface area contributed by atoms with Crippen LogP contribution < -0.4 is 4.74 Å². The number of nitro groups is 1. The van der Waals surface area contributed by atoms with Crippen LogP contribution in [0.4, 0.5) is 18.9 Å². The van der Waals surface area contributed by atoms with Crippen molar-refractivity contribution in [1.29, 1.82) is 0 Å². The number of rotatable bonds is 7. The number of halogens is 3. The maximum atomic E-state index is 13.1. The molecule has 0 radical (unpaired) electrons. The first-order chi connectivity index (χ1) is 13.7. The molecule has 0 saturated carbocycles. The summed E-state index contributed by atoms with van der Waals surface area (Å²) in [5, 5.41) is 10.7. The molecule has 29 heavy (non-hydrogen) atoms. The summed E-state index contributed by atoms with van der Waals surface area (Å²) < 4.78 is 44.5. The Hall–Kier alpha value is -3.43. The van der Waals surface area contributed by atoms with E-state index in [1.54, 1.807) is 24.3 Å². The lowest BCUT2D eigenvalue weighted by Crippen LogP contribution is -2.30. The van der Waals surface area contributed by atoms with Crippen LogP contribution in [0.2, 0.25) is 0 Å². The van der Waals surface area contributed by atoms with Crippen molar-refractivity contribution in [3.63, 3.8) is 0 Å². The molecule has 0 saturated heterocycles. The van der Waals surface area contributed by atoms with E-state index in [2.05, 4.69) is 0 Å². The lowest BCUT2D eigenvalue weighted by Gasteiger charge is -2.15. The number of carbonyl (C=O) groups excluding carboxylic acids is 2. The highest BCUT2D eigenvalue weighted by molar-refractivity contribution is 6.21. The molecule has 1 aliphatic rings. The molecule has 0 unspecified atom stereocenters. The topological polar surface area (TPSA) is 89.8 Å². The number of nitrogens with zero attached hydrogens (tertiary/aromatic N) is 2. The fourth-order valence-electron chi connectivity index (χ4n) is 2.98. The van der Waals surface area contributed by atoms with E-state index in [1.165, 1.54) is 0 Å². The minimum atomic E-state index is -4.80. The van der Waals surface area contributed by atoms with E-state index >= 15 is 0 Å². The molecule has 0 bridgehead atoms. The molecule has 2 aromatic rings. The molecular formula is C19H15F3N2O5. The van der Waals surface area contributed by atoms with E-state index in [9.17, 15) is 32.9 Å². The van der Waals surface area contributed by atoms with Crippen LogP contribution >= 0.6 is 0 Å². The molecule has 0 N–H and O–H groups in total. The standard InChI is InChI=1S/C19H15F3N2O5/c20-19(21,22)15-11-12(24(27)28)7-8-16(15)29-10-4-3-9-23-17(25)13-5-1-2-6-14(13)18(23)26/h1-2,5-8,11H,3-4,9-10H2. The number of benzene rings is 2. The van der Waals surface area contributed by atoms with Crippen molar-refractivity contribution >= 4 is 17.5 Å². The fraction of sp³-hybridized carbons (Fsp3) is 0.263. The van der Waals surface area contributed by atoms with Crippen LogP contribution in [0, 0.1) is 10.1 Å². The van der Waals surface area contributed by atoms with Crippen molar-refractivity contribution in [3.8, 4) is 5.75 Å². The second-order valence-electron chi connectivity index (χ2n) is 6.30. The highest BCUT2D eigenvalue weighted by Crippen LogP contribution is 2.38. The average molecular weight is 408 g/mol. The van der Waals surface area contributed by atoms with Crippen molar-refractivity contribution in [1.82, 2.24) is 4.90 Å². The first-order valence-electron chi connectivity index (χ1n) is 8.64. The molecule has 0 atom stereocenters. The average Bonchev–Trinajstić information content (AvgIpc) is 2.92. The number of ether oxygens (including phenoxy) is 1. The van der Waals surface area contributed by atoms with Crippen molar-refractivity contribution in [2.24, 2.45) is 0 Å². The normalized spacial score (nSPS) is 13.6. The first-order valence-corrected chi connectivity index (χ1v) is 8.64. The zero-order valence-electron chi connectivity index (χ0n) is 14.9. The largest absolute Gasteiger partial charge is 0.493 e. The van der Waals surface area contributed by atoms with Crippen molar-refractivity contribution in [2.75, 3.05) is 13.2 Å². The predicted molar refractivity (Wildman–Crippen MR) is 94.6 cm³/mol. The van der Waals surface area contributed by atoms with Gasteiger partial charge in [-0.1, -0.05) is 12.1 Å². The molecule has 0 aliphatic carbocycles. The molecule has 2 amide bonds. The minimum Gasteiger partial charge on any atom is -0.493 e. The Labute approximate surface area is 162 Å². The predicted octanol–water partition coefficient (Wildman–Crippen LogP) is 4.07. The number of non-ortho nitro benzene ring substituents is 1. The molecular weight excluding hydrogens is 393 g/mol. The maximum absolute atomic E-state index is 13.1. The Kier molecular flexibility index (Phi) is 5.53. The lowest BCUT2D eigenvalue weighted by atomic mass is 10.1. The van der Waals surface area contributed by atoms with Gasteiger partial charge in [0.1, 0.15) is 11.3 Å². The fourth-order valence-corrected chi connectivity index (χ4v) is 2.98. The lowest BCUT2D eigenvalue weighted by molar-refractivity contribution is -0.385. The third kappa shape index (κ3) is 4.20. The third-order valence-electron chi connectivity index (χ3n) is 4.39. The van der Waals surface area contributed by atoms with E-state index in [0.29, 0.717) is 23.6 Å². The van der Waals surface area contributed by atoms with Gasteiger partial charge < -0.3 is 4.74 Å². The van der Waals surface area contributed by atoms with Gasteiger partial charge in [-0.05, 0) is 31.0 Å². The number of alkyl halides is 3. The maximum Gasteiger partial charge on any atom is 0.420 e. The second-order valence-corrected chi connectivity index (χ2v) is 6.30. The number of hydrogen-bond donors (Lipinski definition) is 0. The molecule has 152 valence electrons. The molecule has 3 rings (SSSR count). The molecule has 0 spiro atoms. The summed E-state index contributed by atoms with van der Waals surface area (Å²) in [6.45, 7) is 0.00611. The van der Waals surface area contributed by atoms with Gasteiger partial charge in [-0.25, -0.2) is 0 Å². The molecule has 10 heteroatoms. The quantitative estimate of drug-likeness (QED) is 0.298. The van der Waals surface area contributed by atoms with Gasteiger partial charge in [-0.3, -0.25) is 24.6 Å². The monoisotopic (exact) mass is 408 g/mol. The first kappa shape index (κ1) is 20.3. The summed E-state index contributed by atoms with van der Waals surface area (Å²) in [5.41, 5.74) is -1.26. The number of carbonyl (C=O) groups is 2. The number of fused-ring (bicyclic) bond motifs is 1. The van der Waals surface area contributed by atoms with Gasteiger partial charge in [0.25, 0.3) is 17.5 Å². The molecule has 1 heterocycles. The highest BCUT2D eigenvalue weighted by Gasteiger charge is 2.36. The van der Waals surface area contributed by atoms with Gasteiger partial charge in [0.05, 0.1) is 22.7 Å². The van der Waals surface area contributed by atoms with E-state index < -0.39 is 39.9 Å². The summed E-state index contributed by atoms with van der Waals surface area (Å²) in [6, 6.07) is 8.70. The summed E-state index contributed by atoms with van der Waals surface area (Å²) in [4.78, 5) is 35.3. The number of imide groups is 1. The number of nitro benzene ring substituents is 1. The smallest absolute Gasteiger partial charge is 0.420 e. The second kappa shape index (κ2) is 7.90. The molecule has 0 aromatic heterocycles. The summed E-state index contributed by atoms with van der Waals surface area (Å²) in [7, 11) is 0.